The smallest absolute Gasteiger partial charge is 0.125 e. The normalized spacial score (nSPS) is 13.5. The Morgan fingerprint density at radius 3 is 2.33 bits per heavy atom. The lowest BCUT2D eigenvalue weighted by Crippen LogP contribution is -2.30. The average Bonchev–Trinajstić information content (AvgIpc) is 2.62. The van der Waals surface area contributed by atoms with Gasteiger partial charge in [-0.15, -0.1) is 11.8 Å². The summed E-state index contributed by atoms with van der Waals surface area (Å²) in [5, 5.41) is 12.2. The lowest BCUT2D eigenvalue weighted by atomic mass is 9.89. The van der Waals surface area contributed by atoms with Crippen molar-refractivity contribution < 1.29 is 5.11 Å². The minimum absolute atomic E-state index is 0.474. The molecule has 1 N–H and O–H groups in total. The van der Waals surface area contributed by atoms with E-state index < -0.39 is 5.60 Å². The summed E-state index contributed by atoms with van der Waals surface area (Å²) in [6, 6.07) is 19.1. The molecule has 24 heavy (non-hydrogen) atoms. The molecule has 0 fully saturated rings. The second kappa shape index (κ2) is 7.70. The van der Waals surface area contributed by atoms with Gasteiger partial charge in [0.15, 0.2) is 0 Å². The van der Waals surface area contributed by atoms with Crippen LogP contribution in [0.1, 0.15) is 11.1 Å². The highest BCUT2D eigenvalue weighted by molar-refractivity contribution is 9.10. The monoisotopic (exact) mass is 419 g/mol. The van der Waals surface area contributed by atoms with Crippen molar-refractivity contribution in [3.05, 3.63) is 93.7 Å². The summed E-state index contributed by atoms with van der Waals surface area (Å²) >= 11 is 11.0. The maximum atomic E-state index is 11.5. The Morgan fingerprint density at radius 1 is 1.00 bits per heavy atom. The van der Waals surface area contributed by atoms with Gasteiger partial charge < -0.3 is 5.11 Å². The fourth-order valence-electron chi connectivity index (χ4n) is 2.38. The SMILES string of the molecule is OC(CSc1ccc(Cl)cc1)(c1ccc(Br)cc1)c1cccnc1. The first-order valence-electron chi connectivity index (χ1n) is 7.35. The van der Waals surface area contributed by atoms with Crippen LogP contribution in [0.3, 0.4) is 0 Å². The molecule has 2 aromatic carbocycles. The largest absolute Gasteiger partial charge is 0.379 e. The second-order valence-corrected chi connectivity index (χ2v) is 7.75. The van der Waals surface area contributed by atoms with E-state index in [1.54, 1.807) is 24.2 Å². The number of aromatic nitrogens is 1. The minimum Gasteiger partial charge on any atom is -0.379 e. The third kappa shape index (κ3) is 4.01. The molecular weight excluding hydrogens is 406 g/mol. The predicted molar refractivity (Wildman–Crippen MR) is 104 cm³/mol. The molecule has 0 aliphatic heterocycles. The quantitative estimate of drug-likeness (QED) is 0.551. The van der Waals surface area contributed by atoms with Gasteiger partial charge in [-0.1, -0.05) is 45.7 Å². The number of aliphatic hydroxyl groups is 1. The maximum Gasteiger partial charge on any atom is 0.125 e. The first-order valence-corrected chi connectivity index (χ1v) is 9.51. The Morgan fingerprint density at radius 2 is 1.71 bits per heavy atom. The van der Waals surface area contributed by atoms with Crippen molar-refractivity contribution in [3.8, 4) is 0 Å². The lowest BCUT2D eigenvalue weighted by Gasteiger charge is -2.29. The molecule has 1 heterocycles. The molecule has 0 bridgehead atoms. The third-order valence-electron chi connectivity index (χ3n) is 3.72. The third-order valence-corrected chi connectivity index (χ3v) is 5.67. The van der Waals surface area contributed by atoms with Crippen LogP contribution in [-0.4, -0.2) is 15.8 Å². The van der Waals surface area contributed by atoms with Crippen molar-refractivity contribution in [3.63, 3.8) is 0 Å². The number of rotatable bonds is 5. The number of thioether (sulfide) groups is 1. The molecule has 1 unspecified atom stereocenters. The fourth-order valence-corrected chi connectivity index (χ4v) is 3.81. The minimum atomic E-state index is -1.13. The summed E-state index contributed by atoms with van der Waals surface area (Å²) in [5.41, 5.74) is 0.480. The predicted octanol–water partition coefficient (Wildman–Crippen LogP) is 5.53. The van der Waals surface area contributed by atoms with Gasteiger partial charge in [0.2, 0.25) is 0 Å². The van der Waals surface area contributed by atoms with Gasteiger partial charge in [0.25, 0.3) is 0 Å². The topological polar surface area (TPSA) is 33.1 Å². The van der Waals surface area contributed by atoms with E-state index in [9.17, 15) is 5.11 Å². The zero-order valence-corrected chi connectivity index (χ0v) is 15.9. The van der Waals surface area contributed by atoms with Gasteiger partial charge in [0.05, 0.1) is 0 Å². The summed E-state index contributed by atoms with van der Waals surface area (Å²) < 4.78 is 0.977. The molecule has 0 aliphatic rings. The molecular formula is C19H15BrClNOS. The number of pyridine rings is 1. The van der Waals surface area contributed by atoms with E-state index in [1.165, 1.54) is 0 Å². The number of benzene rings is 2. The Hall–Kier alpha value is -1.33. The van der Waals surface area contributed by atoms with E-state index in [0.717, 1.165) is 20.5 Å². The highest BCUT2D eigenvalue weighted by Gasteiger charge is 2.32. The number of nitrogens with zero attached hydrogens (tertiary/aromatic N) is 1. The Balaban J connectivity index is 1.93. The van der Waals surface area contributed by atoms with Gasteiger partial charge in [-0.05, 0) is 48.0 Å². The van der Waals surface area contributed by atoms with E-state index in [0.29, 0.717) is 10.8 Å². The summed E-state index contributed by atoms with van der Waals surface area (Å²) in [6.45, 7) is 0. The zero-order valence-electron chi connectivity index (χ0n) is 12.7. The molecule has 0 amide bonds. The first kappa shape index (κ1) is 17.5. The van der Waals surface area contributed by atoms with Gasteiger partial charge in [-0.2, -0.15) is 0 Å². The van der Waals surface area contributed by atoms with Crippen LogP contribution in [-0.2, 0) is 5.60 Å². The van der Waals surface area contributed by atoms with Crippen LogP contribution in [0.2, 0.25) is 5.02 Å². The van der Waals surface area contributed by atoms with Gasteiger partial charge in [0, 0.05) is 38.1 Å². The summed E-state index contributed by atoms with van der Waals surface area (Å²) in [5.74, 6) is 0.474. The van der Waals surface area contributed by atoms with Crippen molar-refractivity contribution in [2.24, 2.45) is 0 Å². The van der Waals surface area contributed by atoms with E-state index in [4.69, 9.17) is 11.6 Å². The molecule has 3 aromatic rings. The number of hydrogen-bond acceptors (Lipinski definition) is 3. The molecule has 122 valence electrons. The molecule has 0 saturated carbocycles. The van der Waals surface area contributed by atoms with Crippen molar-refractivity contribution in [1.82, 2.24) is 4.98 Å². The second-order valence-electron chi connectivity index (χ2n) is 5.35. The number of hydrogen-bond donors (Lipinski definition) is 1. The highest BCUT2D eigenvalue weighted by Crippen LogP contribution is 2.36. The first-order chi connectivity index (χ1) is 11.6. The van der Waals surface area contributed by atoms with E-state index in [2.05, 4.69) is 20.9 Å². The van der Waals surface area contributed by atoms with Crippen molar-refractivity contribution in [2.75, 3.05) is 5.75 Å². The Kier molecular flexibility index (Phi) is 5.61. The van der Waals surface area contributed by atoms with Crippen molar-refractivity contribution >= 4 is 39.3 Å². The summed E-state index contributed by atoms with van der Waals surface area (Å²) in [6.07, 6.45) is 3.42. The van der Waals surface area contributed by atoms with E-state index in [-0.39, 0.29) is 0 Å². The van der Waals surface area contributed by atoms with Crippen LogP contribution >= 0.6 is 39.3 Å². The molecule has 0 radical (unpaired) electrons. The molecule has 0 aliphatic carbocycles. The van der Waals surface area contributed by atoms with Crippen LogP contribution in [0.4, 0.5) is 0 Å². The highest BCUT2D eigenvalue weighted by atomic mass is 79.9. The van der Waals surface area contributed by atoms with Crippen LogP contribution in [0.25, 0.3) is 0 Å². The van der Waals surface area contributed by atoms with E-state index >= 15 is 0 Å². The molecule has 2 nitrogen and oxygen atoms in total. The number of halogens is 2. The van der Waals surface area contributed by atoms with E-state index in [1.807, 2.05) is 60.7 Å². The molecule has 0 saturated heterocycles. The Labute approximate surface area is 159 Å². The molecule has 5 heteroatoms. The lowest BCUT2D eigenvalue weighted by molar-refractivity contribution is 0.107. The van der Waals surface area contributed by atoms with Crippen LogP contribution < -0.4 is 0 Å². The zero-order chi connectivity index (χ0) is 17.0. The fraction of sp³-hybridized carbons (Fsp3) is 0.105. The van der Waals surface area contributed by atoms with Gasteiger partial charge in [0.1, 0.15) is 5.60 Å². The molecule has 3 rings (SSSR count). The van der Waals surface area contributed by atoms with Gasteiger partial charge >= 0.3 is 0 Å². The molecule has 0 spiro atoms. The summed E-state index contributed by atoms with van der Waals surface area (Å²) in [7, 11) is 0. The molecule has 1 atom stereocenters. The van der Waals surface area contributed by atoms with Crippen LogP contribution in [0.15, 0.2) is 82.4 Å². The van der Waals surface area contributed by atoms with Crippen molar-refractivity contribution in [2.45, 2.75) is 10.5 Å². The van der Waals surface area contributed by atoms with Crippen molar-refractivity contribution in [1.29, 1.82) is 0 Å². The van der Waals surface area contributed by atoms with Crippen LogP contribution in [0, 0.1) is 0 Å². The summed E-state index contributed by atoms with van der Waals surface area (Å²) in [4.78, 5) is 5.22. The maximum absolute atomic E-state index is 11.5. The van der Waals surface area contributed by atoms with Crippen LogP contribution in [0.5, 0.6) is 0 Å². The van der Waals surface area contributed by atoms with Gasteiger partial charge in [-0.3, -0.25) is 4.98 Å². The standard InChI is InChI=1S/C19H15BrClNOS/c20-16-5-3-14(4-6-16)19(23,15-2-1-11-22-12-15)13-24-18-9-7-17(21)8-10-18/h1-12,23H,13H2. The van der Waals surface area contributed by atoms with Gasteiger partial charge in [-0.25, -0.2) is 0 Å². The molecule has 1 aromatic heterocycles. The average molecular weight is 421 g/mol. The Bertz CT molecular complexity index is 796.